The monoisotopic (exact) mass is 278 g/mol. The van der Waals surface area contributed by atoms with Crippen molar-refractivity contribution in [1.82, 2.24) is 0 Å². The van der Waals surface area contributed by atoms with Crippen molar-refractivity contribution in [2.24, 2.45) is 0 Å². The summed E-state index contributed by atoms with van der Waals surface area (Å²) >= 11 is 2.85. The Morgan fingerprint density at radius 3 is 2.53 bits per heavy atom. The largest absolute Gasteiger partial charge is 0.489 e. The maximum Gasteiger partial charge on any atom is 0.176 e. The first-order valence-corrected chi connectivity index (χ1v) is 5.06. The minimum Gasteiger partial charge on any atom is -0.489 e. The molecule has 0 heterocycles. The second-order valence-electron chi connectivity index (χ2n) is 3.19. The van der Waals surface area contributed by atoms with Crippen LogP contribution in [0.25, 0.3) is 0 Å². The molecule has 0 atom stereocenters. The van der Waals surface area contributed by atoms with Crippen molar-refractivity contribution in [3.8, 4) is 5.75 Å². The highest BCUT2D eigenvalue weighted by molar-refractivity contribution is 9.10. The molecular formula is C10H9BrF2O2. The molecule has 1 rings (SSSR count). The SMILES string of the molecule is CC(C)Oc1c(C=O)cc(F)c(F)c1Br. The normalized spacial score (nSPS) is 10.5. The Morgan fingerprint density at radius 2 is 2.07 bits per heavy atom. The Kier molecular flexibility index (Phi) is 3.79. The zero-order valence-electron chi connectivity index (χ0n) is 8.18. The predicted molar refractivity (Wildman–Crippen MR) is 55.2 cm³/mol. The Hall–Kier alpha value is -0.970. The van der Waals surface area contributed by atoms with Crippen LogP contribution < -0.4 is 4.74 Å². The maximum absolute atomic E-state index is 13.1. The van der Waals surface area contributed by atoms with Gasteiger partial charge in [0.2, 0.25) is 0 Å². The number of carbonyl (C=O) groups excluding carboxylic acids is 1. The van der Waals surface area contributed by atoms with Gasteiger partial charge in [0.05, 0.1) is 16.1 Å². The van der Waals surface area contributed by atoms with E-state index in [2.05, 4.69) is 15.9 Å². The molecule has 0 bridgehead atoms. The number of aldehydes is 1. The Balaban J connectivity index is 3.33. The van der Waals surface area contributed by atoms with Gasteiger partial charge in [-0.1, -0.05) is 0 Å². The summed E-state index contributed by atoms with van der Waals surface area (Å²) in [5, 5.41) is 0. The van der Waals surface area contributed by atoms with E-state index in [9.17, 15) is 13.6 Å². The quantitative estimate of drug-likeness (QED) is 0.626. The fraction of sp³-hybridized carbons (Fsp3) is 0.300. The van der Waals surface area contributed by atoms with Gasteiger partial charge in [-0.15, -0.1) is 0 Å². The molecule has 82 valence electrons. The van der Waals surface area contributed by atoms with Crippen LogP contribution in [0.3, 0.4) is 0 Å². The van der Waals surface area contributed by atoms with Crippen molar-refractivity contribution < 1.29 is 18.3 Å². The molecule has 0 spiro atoms. The van der Waals surface area contributed by atoms with Gasteiger partial charge in [0.1, 0.15) is 5.75 Å². The van der Waals surface area contributed by atoms with E-state index >= 15 is 0 Å². The zero-order valence-corrected chi connectivity index (χ0v) is 9.77. The third-order valence-corrected chi connectivity index (χ3v) is 2.33. The van der Waals surface area contributed by atoms with Crippen LogP contribution in [0.4, 0.5) is 8.78 Å². The Labute approximate surface area is 94.4 Å². The molecule has 0 aliphatic heterocycles. The molecule has 0 radical (unpaired) electrons. The lowest BCUT2D eigenvalue weighted by Gasteiger charge is -2.14. The maximum atomic E-state index is 13.1. The highest BCUT2D eigenvalue weighted by Gasteiger charge is 2.18. The van der Waals surface area contributed by atoms with Gasteiger partial charge >= 0.3 is 0 Å². The Morgan fingerprint density at radius 1 is 1.47 bits per heavy atom. The molecule has 1 aromatic carbocycles. The van der Waals surface area contributed by atoms with Gasteiger partial charge in [-0.3, -0.25) is 4.79 Å². The number of ether oxygens (including phenoxy) is 1. The summed E-state index contributed by atoms with van der Waals surface area (Å²) in [6.07, 6.45) is 0.190. The second kappa shape index (κ2) is 4.70. The fourth-order valence-electron chi connectivity index (χ4n) is 1.04. The van der Waals surface area contributed by atoms with Gasteiger partial charge in [-0.25, -0.2) is 8.78 Å². The molecule has 0 saturated heterocycles. The van der Waals surface area contributed by atoms with E-state index in [4.69, 9.17) is 4.74 Å². The topological polar surface area (TPSA) is 26.3 Å². The van der Waals surface area contributed by atoms with E-state index < -0.39 is 11.6 Å². The summed E-state index contributed by atoms with van der Waals surface area (Å²) in [4.78, 5) is 10.6. The van der Waals surface area contributed by atoms with E-state index in [1.165, 1.54) is 0 Å². The minimum atomic E-state index is -1.08. The Bertz CT molecular complexity index is 391. The van der Waals surface area contributed by atoms with Crippen molar-refractivity contribution in [3.05, 3.63) is 27.7 Å². The molecule has 0 saturated carbocycles. The van der Waals surface area contributed by atoms with Gasteiger partial charge in [0.15, 0.2) is 17.9 Å². The van der Waals surface area contributed by atoms with E-state index in [0.717, 1.165) is 6.07 Å². The molecule has 0 amide bonds. The van der Waals surface area contributed by atoms with Crippen molar-refractivity contribution in [3.63, 3.8) is 0 Å². The van der Waals surface area contributed by atoms with Gasteiger partial charge in [0, 0.05) is 0 Å². The number of benzene rings is 1. The van der Waals surface area contributed by atoms with Crippen LogP contribution in [-0.4, -0.2) is 12.4 Å². The van der Waals surface area contributed by atoms with Gasteiger partial charge < -0.3 is 4.74 Å². The highest BCUT2D eigenvalue weighted by atomic mass is 79.9. The van der Waals surface area contributed by atoms with Crippen molar-refractivity contribution >= 4 is 22.2 Å². The van der Waals surface area contributed by atoms with Crippen LogP contribution in [-0.2, 0) is 0 Å². The van der Waals surface area contributed by atoms with Crippen LogP contribution in [0.15, 0.2) is 10.5 Å². The molecule has 0 aliphatic rings. The predicted octanol–water partition coefficient (Wildman–Crippen LogP) is 3.33. The molecule has 0 N–H and O–H groups in total. The van der Waals surface area contributed by atoms with Crippen LogP contribution in [0.2, 0.25) is 0 Å². The second-order valence-corrected chi connectivity index (χ2v) is 3.98. The molecule has 1 aromatic rings. The number of hydrogen-bond acceptors (Lipinski definition) is 2. The van der Waals surface area contributed by atoms with E-state index in [1.807, 2.05) is 0 Å². The summed E-state index contributed by atoms with van der Waals surface area (Å²) in [5.74, 6) is -2.12. The van der Waals surface area contributed by atoms with Crippen molar-refractivity contribution in [1.29, 1.82) is 0 Å². The minimum absolute atomic E-state index is 0.0190. The number of rotatable bonds is 3. The molecule has 0 aromatic heterocycles. The molecule has 15 heavy (non-hydrogen) atoms. The number of carbonyl (C=O) groups is 1. The molecule has 5 heteroatoms. The van der Waals surface area contributed by atoms with Gasteiger partial charge in [-0.2, -0.15) is 0 Å². The first-order valence-electron chi connectivity index (χ1n) is 4.26. The lowest BCUT2D eigenvalue weighted by Crippen LogP contribution is -2.09. The van der Waals surface area contributed by atoms with E-state index in [-0.39, 0.29) is 21.9 Å². The fourth-order valence-corrected chi connectivity index (χ4v) is 1.55. The number of hydrogen-bond donors (Lipinski definition) is 0. The molecule has 0 aliphatic carbocycles. The average molecular weight is 279 g/mol. The summed E-state index contributed by atoms with van der Waals surface area (Å²) < 4.78 is 31.1. The molecular weight excluding hydrogens is 270 g/mol. The third-order valence-electron chi connectivity index (χ3n) is 1.63. The van der Waals surface area contributed by atoms with Gasteiger partial charge in [0.25, 0.3) is 0 Å². The number of halogens is 3. The third kappa shape index (κ3) is 2.53. The molecule has 0 unspecified atom stereocenters. The standard InChI is InChI=1S/C10H9BrF2O2/c1-5(2)15-10-6(4-14)3-7(12)9(13)8(10)11/h3-5H,1-2H3. The first kappa shape index (κ1) is 12.1. The van der Waals surface area contributed by atoms with Crippen LogP contribution >= 0.6 is 15.9 Å². The van der Waals surface area contributed by atoms with E-state index in [0.29, 0.717) is 6.29 Å². The smallest absolute Gasteiger partial charge is 0.176 e. The first-order chi connectivity index (χ1) is 6.97. The average Bonchev–Trinajstić information content (AvgIpc) is 2.18. The lowest BCUT2D eigenvalue weighted by atomic mass is 10.2. The summed E-state index contributed by atoms with van der Waals surface area (Å²) in [5.41, 5.74) is -0.0190. The molecule has 0 fully saturated rings. The van der Waals surface area contributed by atoms with Crippen molar-refractivity contribution in [2.75, 3.05) is 0 Å². The highest BCUT2D eigenvalue weighted by Crippen LogP contribution is 2.33. The van der Waals surface area contributed by atoms with Crippen LogP contribution in [0.1, 0.15) is 24.2 Å². The van der Waals surface area contributed by atoms with E-state index in [1.54, 1.807) is 13.8 Å². The van der Waals surface area contributed by atoms with Gasteiger partial charge in [-0.05, 0) is 35.8 Å². The lowest BCUT2D eigenvalue weighted by molar-refractivity contribution is 0.111. The van der Waals surface area contributed by atoms with Crippen LogP contribution in [0, 0.1) is 11.6 Å². The summed E-state index contributed by atoms with van der Waals surface area (Å²) in [6, 6.07) is 0.810. The van der Waals surface area contributed by atoms with Crippen LogP contribution in [0.5, 0.6) is 5.75 Å². The summed E-state index contributed by atoms with van der Waals surface area (Å²) in [6.45, 7) is 3.45. The summed E-state index contributed by atoms with van der Waals surface area (Å²) in [7, 11) is 0. The molecule has 2 nitrogen and oxygen atoms in total. The zero-order chi connectivity index (χ0) is 11.6. The van der Waals surface area contributed by atoms with Crippen molar-refractivity contribution in [2.45, 2.75) is 20.0 Å².